The Morgan fingerprint density at radius 3 is 2.53 bits per heavy atom. The normalized spacial score (nSPS) is 24.7. The van der Waals surface area contributed by atoms with Gasteiger partial charge in [-0.05, 0) is 25.7 Å². The summed E-state index contributed by atoms with van der Waals surface area (Å²) in [6.07, 6.45) is 5.31. The van der Waals surface area contributed by atoms with Gasteiger partial charge in [0.2, 0.25) is 0 Å². The van der Waals surface area contributed by atoms with Crippen LogP contribution in [0.1, 0.15) is 44.9 Å². The van der Waals surface area contributed by atoms with Crippen molar-refractivity contribution in [1.82, 2.24) is 0 Å². The van der Waals surface area contributed by atoms with Gasteiger partial charge in [0.1, 0.15) is 6.61 Å². The molecule has 1 saturated carbocycles. The summed E-state index contributed by atoms with van der Waals surface area (Å²) >= 11 is 0. The highest BCUT2D eigenvalue weighted by atomic mass is 32.2. The van der Waals surface area contributed by atoms with E-state index >= 15 is 0 Å². The summed E-state index contributed by atoms with van der Waals surface area (Å²) in [5.41, 5.74) is 0. The van der Waals surface area contributed by atoms with Crippen LogP contribution in [0.2, 0.25) is 0 Å². The van der Waals surface area contributed by atoms with Crippen LogP contribution in [0.15, 0.2) is 0 Å². The van der Waals surface area contributed by atoms with Crippen LogP contribution in [-0.4, -0.2) is 44.7 Å². The van der Waals surface area contributed by atoms with E-state index in [9.17, 15) is 13.2 Å². The number of ether oxygens (including phenoxy) is 2. The van der Waals surface area contributed by atoms with Crippen molar-refractivity contribution in [2.24, 2.45) is 0 Å². The lowest BCUT2D eigenvalue weighted by Crippen LogP contribution is -2.24. The Balaban J connectivity index is 1.67. The van der Waals surface area contributed by atoms with Gasteiger partial charge in [-0.1, -0.05) is 12.8 Å². The number of esters is 1. The molecule has 6 heteroatoms. The highest BCUT2D eigenvalue weighted by Crippen LogP contribution is 2.25. The molecule has 1 saturated heterocycles. The molecule has 0 spiro atoms. The second-order valence-corrected chi connectivity index (χ2v) is 7.74. The molecule has 110 valence electrons. The van der Waals surface area contributed by atoms with Crippen molar-refractivity contribution in [2.75, 3.05) is 19.0 Å². The minimum atomic E-state index is -3.12. The zero-order valence-corrected chi connectivity index (χ0v) is 12.0. The van der Waals surface area contributed by atoms with Crippen molar-refractivity contribution in [3.8, 4) is 0 Å². The van der Waals surface area contributed by atoms with Gasteiger partial charge in [-0.3, -0.25) is 4.79 Å². The molecule has 2 aliphatic rings. The van der Waals surface area contributed by atoms with Crippen LogP contribution in [0.25, 0.3) is 0 Å². The standard InChI is InChI=1S/C13H22O5S/c14-13(18-10-11-4-3-8-17-11)7-9-19(15,16)12-5-1-2-6-12/h11-12H,1-10H2. The molecule has 19 heavy (non-hydrogen) atoms. The van der Waals surface area contributed by atoms with Gasteiger partial charge in [0.15, 0.2) is 9.84 Å². The highest BCUT2D eigenvalue weighted by Gasteiger charge is 2.29. The lowest BCUT2D eigenvalue weighted by molar-refractivity contribution is -0.146. The molecule has 5 nitrogen and oxygen atoms in total. The third-order valence-corrected chi connectivity index (χ3v) is 6.12. The number of carbonyl (C=O) groups excluding carboxylic acids is 1. The number of hydrogen-bond acceptors (Lipinski definition) is 5. The van der Waals surface area contributed by atoms with E-state index in [1.54, 1.807) is 0 Å². The first-order valence-electron chi connectivity index (χ1n) is 7.07. The molecule has 0 N–H and O–H groups in total. The van der Waals surface area contributed by atoms with Crippen LogP contribution < -0.4 is 0 Å². The van der Waals surface area contributed by atoms with E-state index < -0.39 is 15.8 Å². The molecule has 1 aliphatic carbocycles. The molecule has 2 fully saturated rings. The third-order valence-electron chi connectivity index (χ3n) is 3.85. The smallest absolute Gasteiger partial charge is 0.306 e. The van der Waals surface area contributed by atoms with Crippen LogP contribution in [0, 0.1) is 0 Å². The largest absolute Gasteiger partial charge is 0.463 e. The van der Waals surface area contributed by atoms with Crippen molar-refractivity contribution in [1.29, 1.82) is 0 Å². The Morgan fingerprint density at radius 2 is 1.89 bits per heavy atom. The molecule has 2 rings (SSSR count). The van der Waals surface area contributed by atoms with Crippen molar-refractivity contribution in [3.05, 3.63) is 0 Å². The Kier molecular flexibility index (Phi) is 5.21. The number of sulfone groups is 1. The minimum absolute atomic E-state index is 0.00427. The van der Waals surface area contributed by atoms with E-state index in [4.69, 9.17) is 9.47 Å². The van der Waals surface area contributed by atoms with Gasteiger partial charge >= 0.3 is 5.97 Å². The van der Waals surface area contributed by atoms with Crippen molar-refractivity contribution in [2.45, 2.75) is 56.3 Å². The van der Waals surface area contributed by atoms with Gasteiger partial charge < -0.3 is 9.47 Å². The Hall–Kier alpha value is -0.620. The van der Waals surface area contributed by atoms with Crippen molar-refractivity contribution >= 4 is 15.8 Å². The lowest BCUT2D eigenvalue weighted by atomic mass is 10.2. The van der Waals surface area contributed by atoms with Gasteiger partial charge in [-0.2, -0.15) is 0 Å². The molecule has 1 unspecified atom stereocenters. The molecular formula is C13H22O5S. The van der Waals surface area contributed by atoms with E-state index in [1.165, 1.54) is 0 Å². The fourth-order valence-corrected chi connectivity index (χ4v) is 4.51. The lowest BCUT2D eigenvalue weighted by Gasteiger charge is -2.12. The monoisotopic (exact) mass is 290 g/mol. The topological polar surface area (TPSA) is 69.7 Å². The third kappa shape index (κ3) is 4.45. The summed E-state index contributed by atoms with van der Waals surface area (Å²) in [6.45, 7) is 0.973. The van der Waals surface area contributed by atoms with Gasteiger partial charge in [-0.15, -0.1) is 0 Å². The summed E-state index contributed by atoms with van der Waals surface area (Å²) < 4.78 is 34.3. The van der Waals surface area contributed by atoms with Crippen molar-refractivity contribution < 1.29 is 22.7 Å². The van der Waals surface area contributed by atoms with Gasteiger partial charge in [0.05, 0.1) is 23.5 Å². The van der Waals surface area contributed by atoms with E-state index in [0.717, 1.165) is 45.1 Å². The van der Waals surface area contributed by atoms with Crippen LogP contribution in [0.5, 0.6) is 0 Å². The van der Waals surface area contributed by atoms with E-state index in [0.29, 0.717) is 0 Å². The van der Waals surface area contributed by atoms with Crippen LogP contribution >= 0.6 is 0 Å². The van der Waals surface area contributed by atoms with E-state index in [1.807, 2.05) is 0 Å². The van der Waals surface area contributed by atoms with E-state index in [-0.39, 0.29) is 30.1 Å². The van der Waals surface area contributed by atoms with Gasteiger partial charge in [-0.25, -0.2) is 8.42 Å². The molecule has 0 aromatic rings. The molecule has 1 heterocycles. The van der Waals surface area contributed by atoms with Gasteiger partial charge in [0, 0.05) is 6.61 Å². The Bertz CT molecular complexity index is 391. The fourth-order valence-electron chi connectivity index (χ4n) is 2.67. The minimum Gasteiger partial charge on any atom is -0.463 e. The summed E-state index contributed by atoms with van der Waals surface area (Å²) in [6, 6.07) is 0. The second kappa shape index (κ2) is 6.70. The summed E-state index contributed by atoms with van der Waals surface area (Å²) in [5, 5.41) is -0.238. The van der Waals surface area contributed by atoms with Gasteiger partial charge in [0.25, 0.3) is 0 Å². The maximum absolute atomic E-state index is 12.0. The van der Waals surface area contributed by atoms with Crippen LogP contribution in [0.3, 0.4) is 0 Å². The Morgan fingerprint density at radius 1 is 1.16 bits per heavy atom. The highest BCUT2D eigenvalue weighted by molar-refractivity contribution is 7.92. The molecule has 1 atom stereocenters. The average Bonchev–Trinajstić information content (AvgIpc) is 3.06. The first-order valence-corrected chi connectivity index (χ1v) is 8.78. The maximum atomic E-state index is 12.0. The van der Waals surface area contributed by atoms with E-state index in [2.05, 4.69) is 0 Å². The number of hydrogen-bond donors (Lipinski definition) is 0. The predicted molar refractivity (Wildman–Crippen MR) is 70.6 cm³/mol. The Labute approximate surface area is 114 Å². The zero-order chi connectivity index (χ0) is 13.7. The van der Waals surface area contributed by atoms with Crippen LogP contribution in [0.4, 0.5) is 0 Å². The summed E-state index contributed by atoms with van der Waals surface area (Å²) in [4.78, 5) is 11.5. The quantitative estimate of drug-likeness (QED) is 0.693. The number of carbonyl (C=O) groups is 1. The second-order valence-electron chi connectivity index (χ2n) is 5.34. The summed E-state index contributed by atoms with van der Waals surface area (Å²) in [5.74, 6) is -0.515. The van der Waals surface area contributed by atoms with Crippen LogP contribution in [-0.2, 0) is 24.1 Å². The first kappa shape index (κ1) is 14.8. The molecule has 0 aromatic carbocycles. The molecule has 1 aliphatic heterocycles. The van der Waals surface area contributed by atoms with Crippen molar-refractivity contribution in [3.63, 3.8) is 0 Å². The first-order chi connectivity index (χ1) is 9.08. The molecule has 0 bridgehead atoms. The molecule has 0 aromatic heterocycles. The molecule has 0 radical (unpaired) electrons. The maximum Gasteiger partial charge on any atom is 0.306 e. The predicted octanol–water partition coefficient (Wildman–Crippen LogP) is 1.46. The molecular weight excluding hydrogens is 268 g/mol. The summed E-state index contributed by atoms with van der Waals surface area (Å²) in [7, 11) is -3.12. The number of rotatable bonds is 6. The average molecular weight is 290 g/mol. The fraction of sp³-hybridized carbons (Fsp3) is 0.923. The SMILES string of the molecule is O=C(CCS(=O)(=O)C1CCCC1)OCC1CCCO1. The molecule has 0 amide bonds. The zero-order valence-electron chi connectivity index (χ0n) is 11.2.